The van der Waals surface area contributed by atoms with Crippen LogP contribution >= 0.6 is 0 Å². The van der Waals surface area contributed by atoms with Gasteiger partial charge < -0.3 is 15.4 Å². The van der Waals surface area contributed by atoms with E-state index in [1.54, 1.807) is 0 Å². The van der Waals surface area contributed by atoms with Crippen molar-refractivity contribution in [2.45, 2.75) is 39.3 Å². The molecule has 2 atom stereocenters. The Labute approximate surface area is 115 Å². The normalized spacial score (nSPS) is 20.3. The molecule has 0 aliphatic carbocycles. The first kappa shape index (κ1) is 13.7. The van der Waals surface area contributed by atoms with Crippen molar-refractivity contribution in [2.24, 2.45) is 10.7 Å². The van der Waals surface area contributed by atoms with Gasteiger partial charge in [-0.2, -0.15) is 0 Å². The maximum Gasteiger partial charge on any atom is 0.192 e. The van der Waals surface area contributed by atoms with Crippen molar-refractivity contribution in [3.05, 3.63) is 29.8 Å². The standard InChI is InChI=1S/C15H23N3O/c1-4-11(3)18-14(10-17-15(18)16)12-7-6-8-13(9-12)19-5-2/h6-9,11,14H,4-5,10H2,1-3H3,(H2,16,17). The van der Waals surface area contributed by atoms with E-state index in [0.29, 0.717) is 18.6 Å². The van der Waals surface area contributed by atoms with E-state index in [1.807, 2.05) is 19.1 Å². The van der Waals surface area contributed by atoms with Crippen LogP contribution in [0.15, 0.2) is 29.3 Å². The van der Waals surface area contributed by atoms with Gasteiger partial charge in [0.05, 0.1) is 19.2 Å². The quantitative estimate of drug-likeness (QED) is 0.886. The highest BCUT2D eigenvalue weighted by Gasteiger charge is 2.30. The molecular formula is C15H23N3O. The third-order valence-electron chi connectivity index (χ3n) is 3.65. The van der Waals surface area contributed by atoms with Crippen molar-refractivity contribution in [3.63, 3.8) is 0 Å². The molecule has 4 heteroatoms. The average Bonchev–Trinajstić information content (AvgIpc) is 2.80. The lowest BCUT2D eigenvalue weighted by Gasteiger charge is -2.32. The Morgan fingerprint density at radius 2 is 2.26 bits per heavy atom. The number of ether oxygens (including phenoxy) is 1. The van der Waals surface area contributed by atoms with Gasteiger partial charge in [-0.15, -0.1) is 0 Å². The number of hydrogen-bond acceptors (Lipinski definition) is 4. The maximum atomic E-state index is 6.02. The third kappa shape index (κ3) is 2.83. The topological polar surface area (TPSA) is 50.9 Å². The Bertz CT molecular complexity index is 458. The van der Waals surface area contributed by atoms with E-state index in [4.69, 9.17) is 10.5 Å². The molecular weight excluding hydrogens is 238 g/mol. The highest BCUT2D eigenvalue weighted by Crippen LogP contribution is 2.30. The zero-order valence-electron chi connectivity index (χ0n) is 12.0. The number of nitrogens with zero attached hydrogens (tertiary/aromatic N) is 2. The zero-order valence-corrected chi connectivity index (χ0v) is 12.0. The summed E-state index contributed by atoms with van der Waals surface area (Å²) in [5.41, 5.74) is 7.24. The van der Waals surface area contributed by atoms with E-state index in [1.165, 1.54) is 5.56 Å². The second kappa shape index (κ2) is 5.95. The van der Waals surface area contributed by atoms with Gasteiger partial charge in [-0.05, 0) is 38.0 Å². The summed E-state index contributed by atoms with van der Waals surface area (Å²) in [7, 11) is 0. The Balaban J connectivity index is 2.23. The first-order valence-corrected chi connectivity index (χ1v) is 6.98. The van der Waals surface area contributed by atoms with Crippen LogP contribution in [0, 0.1) is 0 Å². The monoisotopic (exact) mass is 261 g/mol. The Hall–Kier alpha value is -1.71. The van der Waals surface area contributed by atoms with E-state index in [0.717, 1.165) is 18.7 Å². The van der Waals surface area contributed by atoms with Crippen molar-refractivity contribution in [3.8, 4) is 5.75 Å². The number of guanidine groups is 1. The van der Waals surface area contributed by atoms with Gasteiger partial charge in [0.1, 0.15) is 5.75 Å². The zero-order chi connectivity index (χ0) is 13.8. The van der Waals surface area contributed by atoms with Crippen molar-refractivity contribution in [2.75, 3.05) is 13.2 Å². The highest BCUT2D eigenvalue weighted by molar-refractivity contribution is 5.80. The van der Waals surface area contributed by atoms with Crippen molar-refractivity contribution in [1.29, 1.82) is 0 Å². The van der Waals surface area contributed by atoms with Crippen LogP contribution in [0.1, 0.15) is 38.8 Å². The Morgan fingerprint density at radius 1 is 1.47 bits per heavy atom. The summed E-state index contributed by atoms with van der Waals surface area (Å²) in [6.07, 6.45) is 1.05. The van der Waals surface area contributed by atoms with Crippen LogP contribution in [-0.2, 0) is 0 Å². The predicted octanol–water partition coefficient (Wildman–Crippen LogP) is 2.56. The van der Waals surface area contributed by atoms with Crippen LogP contribution in [0.2, 0.25) is 0 Å². The van der Waals surface area contributed by atoms with Gasteiger partial charge in [0.25, 0.3) is 0 Å². The minimum Gasteiger partial charge on any atom is -0.494 e. The average molecular weight is 261 g/mol. The van der Waals surface area contributed by atoms with Crippen LogP contribution in [-0.4, -0.2) is 30.1 Å². The Kier molecular flexibility index (Phi) is 4.30. The number of rotatable bonds is 5. The molecule has 2 rings (SSSR count). The first-order valence-electron chi connectivity index (χ1n) is 6.98. The molecule has 0 spiro atoms. The fourth-order valence-electron chi connectivity index (χ4n) is 2.48. The van der Waals surface area contributed by atoms with Crippen LogP contribution in [0.25, 0.3) is 0 Å². The summed E-state index contributed by atoms with van der Waals surface area (Å²) in [4.78, 5) is 6.61. The molecule has 1 aromatic carbocycles. The molecule has 1 aliphatic rings. The summed E-state index contributed by atoms with van der Waals surface area (Å²) >= 11 is 0. The van der Waals surface area contributed by atoms with Gasteiger partial charge in [0, 0.05) is 6.04 Å². The number of benzene rings is 1. The molecule has 0 radical (unpaired) electrons. The summed E-state index contributed by atoms with van der Waals surface area (Å²) < 4.78 is 5.57. The first-order chi connectivity index (χ1) is 9.17. The molecule has 1 aliphatic heterocycles. The molecule has 0 fully saturated rings. The van der Waals surface area contributed by atoms with E-state index in [9.17, 15) is 0 Å². The van der Waals surface area contributed by atoms with E-state index >= 15 is 0 Å². The molecule has 1 heterocycles. The molecule has 0 bridgehead atoms. The minimum absolute atomic E-state index is 0.232. The van der Waals surface area contributed by atoms with E-state index in [2.05, 4.69) is 35.9 Å². The number of nitrogens with two attached hydrogens (primary N) is 1. The molecule has 4 nitrogen and oxygen atoms in total. The van der Waals surface area contributed by atoms with Crippen LogP contribution in [0.3, 0.4) is 0 Å². The van der Waals surface area contributed by atoms with Gasteiger partial charge >= 0.3 is 0 Å². The lowest BCUT2D eigenvalue weighted by molar-refractivity contribution is 0.267. The molecule has 0 saturated heterocycles. The lowest BCUT2D eigenvalue weighted by atomic mass is 10.0. The van der Waals surface area contributed by atoms with Gasteiger partial charge in [-0.3, -0.25) is 4.99 Å². The van der Waals surface area contributed by atoms with Gasteiger partial charge in [-0.1, -0.05) is 19.1 Å². The van der Waals surface area contributed by atoms with Gasteiger partial charge in [-0.25, -0.2) is 0 Å². The van der Waals surface area contributed by atoms with Crippen molar-refractivity contribution >= 4 is 5.96 Å². The summed E-state index contributed by atoms with van der Waals surface area (Å²) in [6, 6.07) is 8.86. The molecule has 104 valence electrons. The SMILES string of the molecule is CCOc1cccc(C2CN=C(N)N2C(C)CC)c1. The molecule has 0 saturated carbocycles. The number of aliphatic imine (C=N–C) groups is 1. The number of hydrogen-bond donors (Lipinski definition) is 1. The van der Waals surface area contributed by atoms with Gasteiger partial charge in [0.15, 0.2) is 5.96 Å². The third-order valence-corrected chi connectivity index (χ3v) is 3.65. The molecule has 2 unspecified atom stereocenters. The minimum atomic E-state index is 0.232. The van der Waals surface area contributed by atoms with Crippen LogP contribution in [0.4, 0.5) is 0 Å². The van der Waals surface area contributed by atoms with Crippen LogP contribution in [0.5, 0.6) is 5.75 Å². The van der Waals surface area contributed by atoms with Crippen molar-refractivity contribution < 1.29 is 4.74 Å². The molecule has 2 N–H and O–H groups in total. The van der Waals surface area contributed by atoms with Crippen molar-refractivity contribution in [1.82, 2.24) is 4.90 Å². The largest absolute Gasteiger partial charge is 0.494 e. The fourth-order valence-corrected chi connectivity index (χ4v) is 2.48. The van der Waals surface area contributed by atoms with E-state index in [-0.39, 0.29) is 6.04 Å². The molecule has 0 aromatic heterocycles. The molecule has 1 aromatic rings. The van der Waals surface area contributed by atoms with Gasteiger partial charge in [0.2, 0.25) is 0 Å². The predicted molar refractivity (Wildman–Crippen MR) is 78.4 cm³/mol. The maximum absolute atomic E-state index is 6.02. The Morgan fingerprint density at radius 3 is 2.95 bits per heavy atom. The summed E-state index contributed by atoms with van der Waals surface area (Å²) in [5.74, 6) is 1.57. The second-order valence-corrected chi connectivity index (χ2v) is 4.88. The summed E-state index contributed by atoms with van der Waals surface area (Å²) in [6.45, 7) is 7.76. The second-order valence-electron chi connectivity index (χ2n) is 4.88. The highest BCUT2D eigenvalue weighted by atomic mass is 16.5. The smallest absolute Gasteiger partial charge is 0.192 e. The molecule has 0 amide bonds. The summed E-state index contributed by atoms with van der Waals surface area (Å²) in [5, 5.41) is 0. The fraction of sp³-hybridized carbons (Fsp3) is 0.533. The molecule has 19 heavy (non-hydrogen) atoms. The lowest BCUT2D eigenvalue weighted by Crippen LogP contribution is -2.42. The van der Waals surface area contributed by atoms with Crippen LogP contribution < -0.4 is 10.5 Å². The van der Waals surface area contributed by atoms with E-state index < -0.39 is 0 Å².